The van der Waals surface area contributed by atoms with Crippen molar-refractivity contribution in [1.82, 2.24) is 89.6 Å². The molecule has 14 atom stereocenters. The van der Waals surface area contributed by atoms with Crippen LogP contribution >= 0.6 is 11.3 Å². The van der Waals surface area contributed by atoms with E-state index >= 15 is 43.2 Å². The number of carboxylic acids is 3. The summed E-state index contributed by atoms with van der Waals surface area (Å²) in [5, 5.41) is 73.9. The summed E-state index contributed by atoms with van der Waals surface area (Å²) in [7, 11) is 0. The van der Waals surface area contributed by atoms with Gasteiger partial charge in [0.25, 0.3) is 0 Å². The predicted octanol–water partition coefficient (Wildman–Crippen LogP) is 2.98. The van der Waals surface area contributed by atoms with Crippen LogP contribution < -0.4 is 85.5 Å². The standard InChI is InChI=1S/C105H138N18O25S/c1-61-31-19-20-35-67(61)54-76-89(135)114-75(55-69-59-149-80-39-22-21-37-70(69)80)88(134)111-72(86(132)108-62(2)84(106)130)40-41-81(125)107-47-27-23-38-71-92(138)121-104(98(145)116-76)46-49-122(60-104)100(147)148-50-28-15-11-10-12-24-42-103(43-25-13-14-26-44-105(45-30-48-123(105)64(4)124)99(146)118-78(57-83(128)129)91(137)115-79(94(140)120-103)58-101(5,6)7)97(144)117-77(56-82(126)127)90(136)113-74(53-66-34-29-36-68(51-66)95(141)142)93(139)119-102(8,9)96(143)109-63(3)85(131)112-73(87(133)110-71)52-65-32-17-16-18-33-65/h10-11,14,16-22,26,29,31-37,39,51,59,62-63,71-79H,12-13,15,23-25,27-28,30,38,40-50,52-58,60H2,1-9H3,(H2,106,130)(H,107,125)(H,108,132)(H,109,143)(H,110,133)(H,111,134)(H,112,131)(H,113,136)(H,114,135)(H,115,137)(H,116,145)(H,117,144)(H,118,146)(H,119,139)(H,120,140)(H,121,138)(H,126,127)(H,128,129)(H,141,142)/b11-10-,26-14+/t62-,63-,71-,72-,73-,74-,75-,76-,77-,78-,79-,103-,104-,105-/m0/s1. The maximum Gasteiger partial charge on any atom is 0.409 e. The Morgan fingerprint density at radius 1 is 0.523 bits per heavy atom. The molecule has 1 aromatic heterocycles. The van der Waals surface area contributed by atoms with Gasteiger partial charge in [0.2, 0.25) is 100 Å². The number of aliphatic carboxylic acids is 2. The third-order valence-corrected chi connectivity index (χ3v) is 28.1. The average molecular weight is 2080 g/mol. The molecule has 3 fully saturated rings. The van der Waals surface area contributed by atoms with Gasteiger partial charge in [-0.1, -0.05) is 130 Å². The summed E-state index contributed by atoms with van der Waals surface area (Å²) in [5.74, 6) is -21.4. The predicted molar refractivity (Wildman–Crippen MR) is 545 cm³/mol. The van der Waals surface area contributed by atoms with Crippen molar-refractivity contribution in [3.63, 3.8) is 0 Å². The van der Waals surface area contributed by atoms with E-state index in [-0.39, 0.29) is 153 Å². The first-order valence-electron chi connectivity index (χ1n) is 50.3. The molecule has 4 aromatic carbocycles. The number of allylic oxidation sites excluding steroid dienone is 3. The molecule has 0 radical (unpaired) electrons. The minimum absolute atomic E-state index is 0.00296. The van der Waals surface area contributed by atoms with Crippen molar-refractivity contribution in [3.05, 3.63) is 166 Å². The van der Waals surface area contributed by atoms with Crippen LogP contribution in [-0.4, -0.2) is 271 Å². The molecule has 5 aromatic rings. The molecule has 10 rings (SSSR count). The highest BCUT2D eigenvalue weighted by Crippen LogP contribution is 2.36. The molecule has 43 nitrogen and oxygen atoms in total. The van der Waals surface area contributed by atoms with Crippen molar-refractivity contribution < 1.29 is 121 Å². The van der Waals surface area contributed by atoms with Crippen molar-refractivity contribution in [2.24, 2.45) is 11.1 Å². The smallest absolute Gasteiger partial charge is 0.409 e. The lowest BCUT2D eigenvalue weighted by Gasteiger charge is -2.38. The Labute approximate surface area is 866 Å². The molecule has 5 aliphatic heterocycles. The summed E-state index contributed by atoms with van der Waals surface area (Å²) in [4.78, 5) is 310. The van der Waals surface area contributed by atoms with Gasteiger partial charge >= 0.3 is 24.0 Å². The zero-order chi connectivity index (χ0) is 109. The van der Waals surface area contributed by atoms with Crippen LogP contribution in [0, 0.1) is 12.3 Å². The Morgan fingerprint density at radius 3 is 1.73 bits per heavy atom. The molecule has 3 bridgehead atoms. The van der Waals surface area contributed by atoms with E-state index in [1.165, 1.54) is 75.1 Å². The molecule has 3 saturated heterocycles. The maximum atomic E-state index is 16.2. The molecule has 44 heteroatoms. The summed E-state index contributed by atoms with van der Waals surface area (Å²) in [5.41, 5.74) is -1.48. The first-order valence-corrected chi connectivity index (χ1v) is 51.1. The highest BCUT2D eigenvalue weighted by molar-refractivity contribution is 7.17. The van der Waals surface area contributed by atoms with Crippen LogP contribution in [0.25, 0.3) is 10.1 Å². The van der Waals surface area contributed by atoms with Crippen LogP contribution in [0.1, 0.15) is 222 Å². The molecular weight excluding hydrogens is 1950 g/mol. The molecule has 6 heterocycles. The number of thiophene rings is 1. The summed E-state index contributed by atoms with van der Waals surface area (Å²) < 4.78 is 6.73. The van der Waals surface area contributed by atoms with Gasteiger partial charge in [0.05, 0.1) is 31.6 Å². The van der Waals surface area contributed by atoms with Crippen LogP contribution in [0.5, 0.6) is 0 Å². The molecule has 3 spiro atoms. The van der Waals surface area contributed by atoms with Crippen LogP contribution in [0.3, 0.4) is 0 Å². The molecule has 0 saturated carbocycles. The van der Waals surface area contributed by atoms with Gasteiger partial charge in [0.1, 0.15) is 88.6 Å². The number of primary amides is 1. The summed E-state index contributed by atoms with van der Waals surface area (Å²) in [6.07, 6.45) is 0.719. The van der Waals surface area contributed by atoms with Gasteiger partial charge in [0, 0.05) is 63.4 Å². The zero-order valence-corrected chi connectivity index (χ0v) is 86.1. The zero-order valence-electron chi connectivity index (χ0n) is 85.3. The maximum absolute atomic E-state index is 16.2. The first-order chi connectivity index (χ1) is 70.6. The van der Waals surface area contributed by atoms with Crippen molar-refractivity contribution >= 4 is 146 Å². The van der Waals surface area contributed by atoms with E-state index in [4.69, 9.17) is 10.5 Å². The van der Waals surface area contributed by atoms with E-state index in [1.54, 1.807) is 118 Å². The number of aromatic carboxylic acids is 1. The Kier molecular flexibility index (Phi) is 41.3. The third-order valence-electron chi connectivity index (χ3n) is 27.1. The molecule has 0 aliphatic carbocycles. The van der Waals surface area contributed by atoms with E-state index in [1.807, 2.05) is 18.2 Å². The Bertz CT molecular complexity index is 5860. The van der Waals surface area contributed by atoms with Gasteiger partial charge in [-0.2, -0.15) is 0 Å². The summed E-state index contributed by atoms with van der Waals surface area (Å²) >= 11 is 1.35. The lowest BCUT2D eigenvalue weighted by molar-refractivity contribution is -0.146. The number of carbonyl (C=O) groups is 21. The Hall–Kier alpha value is -15.0. The highest BCUT2D eigenvalue weighted by Gasteiger charge is 2.53. The summed E-state index contributed by atoms with van der Waals surface area (Å²) in [6, 6.07) is 8.98. The van der Waals surface area contributed by atoms with Gasteiger partial charge in [-0.05, 0) is 206 Å². The average Bonchev–Trinajstić information content (AvgIpc) is 1.64. The van der Waals surface area contributed by atoms with E-state index in [0.29, 0.717) is 34.1 Å². The lowest BCUT2D eigenvalue weighted by Crippen LogP contribution is -2.66. The Balaban J connectivity index is 1.06. The number of carboxylic acid groups (broad SMARTS) is 3. The molecule has 0 unspecified atom stereocenters. The van der Waals surface area contributed by atoms with E-state index in [0.717, 1.165) is 9.60 Å². The van der Waals surface area contributed by atoms with Gasteiger partial charge in [-0.15, -0.1) is 11.3 Å². The van der Waals surface area contributed by atoms with Crippen molar-refractivity contribution in [3.8, 4) is 0 Å². The van der Waals surface area contributed by atoms with Crippen molar-refractivity contribution in [2.45, 2.75) is 305 Å². The SMILES string of the molecule is CC(=O)N1CCC[C@]12C/C=C/CCC[C@]1(CCC/C=C\CCCOC(=O)N3CC[C@@]4(C3)NC(=O)[C@H](CCCCNC(=O)CC[C@@H](C(=O)N[C@@H](C)C(N)=O)NC(=O)[C@H](Cc3csc5ccccc35)NC(=O)[C@H](Cc3ccccc3C)NC4=O)NC(=O)[C@H](Cc3ccccc3)NC(=O)[C@H](C)NC(=O)C(C)(C)NC(=O)[C@H](Cc3cccc(C(=O)O)c3)NC(=O)[C@H](CC(=O)O)NC1=O)NC(=O)[C@H](CC(C)(C)C)NC(=O)[C@H](CC(=O)O)NC2=O. The second-order valence-corrected chi connectivity index (χ2v) is 41.4. The van der Waals surface area contributed by atoms with Gasteiger partial charge in [-0.3, -0.25) is 91.1 Å². The van der Waals surface area contributed by atoms with E-state index in [9.17, 15) is 72.9 Å². The van der Waals surface area contributed by atoms with Crippen LogP contribution in [0.2, 0.25) is 0 Å². The molecule has 18 amide bonds. The first kappa shape index (κ1) is 116. The normalized spacial score (nSPS) is 26.4. The number of nitrogens with two attached hydrogens (primary N) is 1. The monoisotopic (exact) mass is 2080 g/mol. The second-order valence-electron chi connectivity index (χ2n) is 40.5. The number of hydrogen-bond donors (Lipinski definition) is 19. The minimum atomic E-state index is -2.24. The quantitative estimate of drug-likeness (QED) is 0.0595. The fraction of sp³-hybridized carbons (Fsp3) is 0.514. The number of nitrogens with one attached hydrogen (secondary N) is 15. The van der Waals surface area contributed by atoms with Crippen LogP contribution in [0.4, 0.5) is 4.79 Å². The number of nitrogens with zero attached hydrogens (tertiary/aromatic N) is 2. The molecule has 20 N–H and O–H groups in total. The molecule has 5 aliphatic rings. The number of carbonyl (C=O) groups excluding carboxylic acids is 18. The number of fused-ring (bicyclic) bond motifs is 4. The van der Waals surface area contributed by atoms with Gasteiger partial charge < -0.3 is 115 Å². The number of likely N-dealkylation sites (tertiary alicyclic amines) is 1. The van der Waals surface area contributed by atoms with E-state index < -0.39 is 257 Å². The molecule has 149 heavy (non-hydrogen) atoms. The number of aryl methyl sites for hydroxylation is 1. The van der Waals surface area contributed by atoms with Crippen LogP contribution in [0.15, 0.2) is 133 Å². The third kappa shape index (κ3) is 33.0. The molecular formula is C105H138N18O25S. The van der Waals surface area contributed by atoms with Crippen molar-refractivity contribution in [2.75, 3.05) is 32.8 Å². The topological polar surface area (TPSA) is 641 Å². The van der Waals surface area contributed by atoms with Gasteiger partial charge in [-0.25, -0.2) is 9.59 Å². The fourth-order valence-electron chi connectivity index (χ4n) is 18.7. The van der Waals surface area contributed by atoms with Crippen molar-refractivity contribution in [1.29, 1.82) is 0 Å². The van der Waals surface area contributed by atoms with E-state index in [2.05, 4.69) is 79.8 Å². The van der Waals surface area contributed by atoms with Gasteiger partial charge in [0.15, 0.2) is 0 Å². The number of hydrogen-bond acceptors (Lipinski definition) is 23. The number of ether oxygens (including phenoxy) is 1. The fourth-order valence-corrected chi connectivity index (χ4v) is 19.7. The lowest BCUT2D eigenvalue weighted by atomic mass is 9.83. The second kappa shape index (κ2) is 53.0. The highest BCUT2D eigenvalue weighted by atomic mass is 32.1. The largest absolute Gasteiger partial charge is 0.481 e. The number of amides is 18. The molecule has 804 valence electrons. The number of benzene rings is 4. The number of cyclic esters (lactones) is 1. The number of rotatable bonds is 17. The summed E-state index contributed by atoms with van der Waals surface area (Å²) in [6.45, 7) is 11.9. The minimum Gasteiger partial charge on any atom is -0.481 e. The Morgan fingerprint density at radius 2 is 1.07 bits per heavy atom. The van der Waals surface area contributed by atoms with Crippen LogP contribution in [-0.2, 0) is 122 Å².